The number of hydrogen-bond acceptors (Lipinski definition) is 2. The predicted octanol–water partition coefficient (Wildman–Crippen LogP) is 3.12. The Morgan fingerprint density at radius 2 is 1.90 bits per heavy atom. The highest BCUT2D eigenvalue weighted by Gasteiger charge is 2.20. The summed E-state index contributed by atoms with van der Waals surface area (Å²) < 4.78 is 0. The van der Waals surface area contributed by atoms with Crippen molar-refractivity contribution in [3.8, 4) is 0 Å². The molecule has 1 aromatic carbocycles. The third kappa shape index (κ3) is 5.21. The van der Waals surface area contributed by atoms with Crippen molar-refractivity contribution in [2.24, 2.45) is 11.8 Å². The molecular weight excluding hydrogens is 266 g/mol. The van der Waals surface area contributed by atoms with Gasteiger partial charge in [0.05, 0.1) is 5.56 Å². The third-order valence-corrected chi connectivity index (χ3v) is 4.06. The summed E-state index contributed by atoms with van der Waals surface area (Å²) in [6.07, 6.45) is 2.65. The molecular formula is C17H25NO3. The number of carboxylic acid groups (broad SMARTS) is 1. The second kappa shape index (κ2) is 8.45. The first-order chi connectivity index (χ1) is 9.99. The van der Waals surface area contributed by atoms with Crippen molar-refractivity contribution in [3.63, 3.8) is 0 Å². The van der Waals surface area contributed by atoms with Gasteiger partial charge in [0.25, 0.3) is 0 Å². The number of aromatic carboxylic acids is 1. The summed E-state index contributed by atoms with van der Waals surface area (Å²) in [6, 6.07) is 6.83. The molecule has 1 rings (SSSR count). The van der Waals surface area contributed by atoms with Crippen LogP contribution in [0.5, 0.6) is 0 Å². The molecule has 0 saturated carbocycles. The maximum atomic E-state index is 12.1. The van der Waals surface area contributed by atoms with Crippen LogP contribution in [0, 0.1) is 11.8 Å². The van der Waals surface area contributed by atoms with Crippen LogP contribution in [0.2, 0.25) is 0 Å². The van der Waals surface area contributed by atoms with Crippen molar-refractivity contribution < 1.29 is 14.7 Å². The largest absolute Gasteiger partial charge is 0.478 e. The standard InChI is InChI=1S/C17H25NO3/c1-4-14(5-2)12(3)16(19)18-10-9-13-7-6-8-15(11-13)17(20)21/h6-8,11-12,14H,4-5,9-10H2,1-3H3,(H,18,19)(H,20,21). The van der Waals surface area contributed by atoms with E-state index >= 15 is 0 Å². The molecule has 0 fully saturated rings. The van der Waals surface area contributed by atoms with E-state index in [2.05, 4.69) is 19.2 Å². The van der Waals surface area contributed by atoms with Gasteiger partial charge in [-0.15, -0.1) is 0 Å². The lowest BCUT2D eigenvalue weighted by molar-refractivity contribution is -0.126. The zero-order valence-corrected chi connectivity index (χ0v) is 13.1. The zero-order valence-electron chi connectivity index (χ0n) is 13.1. The van der Waals surface area contributed by atoms with Crippen LogP contribution < -0.4 is 5.32 Å². The molecule has 1 amide bonds. The quantitative estimate of drug-likeness (QED) is 0.773. The second-order valence-corrected chi connectivity index (χ2v) is 5.41. The molecule has 4 heteroatoms. The molecule has 1 atom stereocenters. The molecule has 4 nitrogen and oxygen atoms in total. The maximum absolute atomic E-state index is 12.1. The lowest BCUT2D eigenvalue weighted by atomic mass is 9.88. The zero-order chi connectivity index (χ0) is 15.8. The molecule has 21 heavy (non-hydrogen) atoms. The summed E-state index contributed by atoms with van der Waals surface area (Å²) in [4.78, 5) is 23.0. The molecule has 0 aromatic heterocycles. The first kappa shape index (κ1) is 17.2. The lowest BCUT2D eigenvalue weighted by Gasteiger charge is -2.20. The van der Waals surface area contributed by atoms with Gasteiger partial charge < -0.3 is 10.4 Å². The molecule has 1 unspecified atom stereocenters. The minimum Gasteiger partial charge on any atom is -0.478 e. The SMILES string of the molecule is CCC(CC)C(C)C(=O)NCCc1cccc(C(=O)O)c1. The number of carboxylic acids is 1. The van der Waals surface area contributed by atoms with E-state index in [1.807, 2.05) is 13.0 Å². The number of rotatable bonds is 8. The Kier molecular flexibility index (Phi) is 6.92. The van der Waals surface area contributed by atoms with Crippen LogP contribution in [0.3, 0.4) is 0 Å². The fourth-order valence-electron chi connectivity index (χ4n) is 2.56. The Balaban J connectivity index is 2.48. The second-order valence-electron chi connectivity index (χ2n) is 5.41. The van der Waals surface area contributed by atoms with Crippen LogP contribution in [0.1, 0.15) is 49.5 Å². The van der Waals surface area contributed by atoms with Crippen LogP contribution in [0.25, 0.3) is 0 Å². The van der Waals surface area contributed by atoms with Gasteiger partial charge in [-0.05, 0) is 30.0 Å². The van der Waals surface area contributed by atoms with E-state index in [0.29, 0.717) is 18.9 Å². The number of nitrogens with one attached hydrogen (secondary N) is 1. The van der Waals surface area contributed by atoms with Crippen molar-refractivity contribution in [3.05, 3.63) is 35.4 Å². The molecule has 0 aliphatic rings. The Bertz CT molecular complexity index is 481. The molecule has 0 bridgehead atoms. The predicted molar refractivity (Wildman–Crippen MR) is 83.4 cm³/mol. The average Bonchev–Trinajstić information content (AvgIpc) is 2.48. The molecule has 116 valence electrons. The lowest BCUT2D eigenvalue weighted by Crippen LogP contribution is -2.34. The number of hydrogen-bond donors (Lipinski definition) is 2. The Morgan fingerprint density at radius 1 is 1.24 bits per heavy atom. The molecule has 2 N–H and O–H groups in total. The Hall–Kier alpha value is -1.84. The van der Waals surface area contributed by atoms with E-state index < -0.39 is 5.97 Å². The van der Waals surface area contributed by atoms with Gasteiger partial charge >= 0.3 is 5.97 Å². The van der Waals surface area contributed by atoms with E-state index in [9.17, 15) is 9.59 Å². The van der Waals surface area contributed by atoms with Crippen LogP contribution in [-0.4, -0.2) is 23.5 Å². The molecule has 0 radical (unpaired) electrons. The highest BCUT2D eigenvalue weighted by atomic mass is 16.4. The van der Waals surface area contributed by atoms with Gasteiger partial charge in [-0.25, -0.2) is 4.79 Å². The Labute approximate surface area is 126 Å². The fourth-order valence-corrected chi connectivity index (χ4v) is 2.56. The molecule has 0 heterocycles. The topological polar surface area (TPSA) is 66.4 Å². The summed E-state index contributed by atoms with van der Waals surface area (Å²) >= 11 is 0. The van der Waals surface area contributed by atoms with Crippen molar-refractivity contribution >= 4 is 11.9 Å². The summed E-state index contributed by atoms with van der Waals surface area (Å²) in [7, 11) is 0. The minimum absolute atomic E-state index is 0.0188. The maximum Gasteiger partial charge on any atom is 0.335 e. The van der Waals surface area contributed by atoms with Crippen molar-refractivity contribution in [2.45, 2.75) is 40.0 Å². The summed E-state index contributed by atoms with van der Waals surface area (Å²) in [5.74, 6) is -0.410. The van der Waals surface area contributed by atoms with Crippen LogP contribution in [0.15, 0.2) is 24.3 Å². The van der Waals surface area contributed by atoms with Gasteiger partial charge in [0.1, 0.15) is 0 Å². The van der Waals surface area contributed by atoms with Gasteiger partial charge in [0.15, 0.2) is 0 Å². The van der Waals surface area contributed by atoms with Gasteiger partial charge in [-0.1, -0.05) is 45.7 Å². The Morgan fingerprint density at radius 3 is 2.48 bits per heavy atom. The van der Waals surface area contributed by atoms with Crippen LogP contribution >= 0.6 is 0 Å². The summed E-state index contributed by atoms with van der Waals surface area (Å²) in [6.45, 7) is 6.72. The van der Waals surface area contributed by atoms with Gasteiger partial charge in [0.2, 0.25) is 5.91 Å². The van der Waals surface area contributed by atoms with Crippen molar-refractivity contribution in [2.75, 3.05) is 6.54 Å². The summed E-state index contributed by atoms with van der Waals surface area (Å²) in [5.41, 5.74) is 1.20. The van der Waals surface area contributed by atoms with E-state index in [0.717, 1.165) is 18.4 Å². The molecule has 0 spiro atoms. The van der Waals surface area contributed by atoms with E-state index in [1.165, 1.54) is 0 Å². The minimum atomic E-state index is -0.928. The molecule has 0 saturated heterocycles. The van der Waals surface area contributed by atoms with Gasteiger partial charge in [0, 0.05) is 12.5 Å². The molecule has 0 aliphatic heterocycles. The van der Waals surface area contributed by atoms with Crippen molar-refractivity contribution in [1.29, 1.82) is 0 Å². The van der Waals surface area contributed by atoms with E-state index in [-0.39, 0.29) is 17.4 Å². The fraction of sp³-hybridized carbons (Fsp3) is 0.529. The first-order valence-corrected chi connectivity index (χ1v) is 7.59. The smallest absolute Gasteiger partial charge is 0.335 e. The highest BCUT2D eigenvalue weighted by Crippen LogP contribution is 2.19. The van der Waals surface area contributed by atoms with Gasteiger partial charge in [-0.2, -0.15) is 0 Å². The average molecular weight is 291 g/mol. The normalized spacial score (nSPS) is 12.2. The number of carbonyl (C=O) groups excluding carboxylic acids is 1. The third-order valence-electron chi connectivity index (χ3n) is 4.06. The molecule has 1 aromatic rings. The first-order valence-electron chi connectivity index (χ1n) is 7.59. The van der Waals surface area contributed by atoms with Gasteiger partial charge in [-0.3, -0.25) is 4.79 Å². The van der Waals surface area contributed by atoms with Crippen LogP contribution in [-0.2, 0) is 11.2 Å². The number of amides is 1. The summed E-state index contributed by atoms with van der Waals surface area (Å²) in [5, 5.41) is 11.9. The monoisotopic (exact) mass is 291 g/mol. The number of benzene rings is 1. The number of carbonyl (C=O) groups is 2. The van der Waals surface area contributed by atoms with Crippen molar-refractivity contribution in [1.82, 2.24) is 5.32 Å². The molecule has 0 aliphatic carbocycles. The van der Waals surface area contributed by atoms with Crippen LogP contribution in [0.4, 0.5) is 0 Å². The van der Waals surface area contributed by atoms with E-state index in [1.54, 1.807) is 18.2 Å². The highest BCUT2D eigenvalue weighted by molar-refractivity contribution is 5.87. The van der Waals surface area contributed by atoms with E-state index in [4.69, 9.17) is 5.11 Å².